The largest absolute Gasteiger partial charge is 0.382 e. The lowest BCUT2D eigenvalue weighted by Gasteiger charge is -2.45. The molecule has 1 aliphatic carbocycles. The van der Waals surface area contributed by atoms with Gasteiger partial charge in [0.2, 0.25) is 0 Å². The molecule has 1 saturated heterocycles. The van der Waals surface area contributed by atoms with Gasteiger partial charge in [-0.05, 0) is 43.2 Å². The normalized spacial score (nSPS) is 21.9. The Morgan fingerprint density at radius 1 is 1.15 bits per heavy atom. The molecule has 0 bridgehead atoms. The fourth-order valence-electron chi connectivity index (χ4n) is 3.88. The zero-order valence-corrected chi connectivity index (χ0v) is 12.1. The van der Waals surface area contributed by atoms with Crippen molar-refractivity contribution in [2.24, 2.45) is 11.1 Å². The lowest BCUT2D eigenvalue weighted by Crippen LogP contribution is -2.42. The van der Waals surface area contributed by atoms with Crippen LogP contribution in [0, 0.1) is 10.8 Å². The number of piperidine rings is 1. The molecule has 3 rings (SSSR count). The van der Waals surface area contributed by atoms with Crippen LogP contribution in [0.1, 0.15) is 50.6 Å². The van der Waals surface area contributed by atoms with Gasteiger partial charge in [0, 0.05) is 19.3 Å². The minimum absolute atomic E-state index is 0.0681. The maximum Gasteiger partial charge on any atom is 0.143 e. The van der Waals surface area contributed by atoms with E-state index in [-0.39, 0.29) is 5.84 Å². The van der Waals surface area contributed by atoms with Crippen molar-refractivity contribution in [1.82, 2.24) is 4.98 Å². The summed E-state index contributed by atoms with van der Waals surface area (Å²) in [6.07, 6.45) is 11.3. The number of anilines is 1. The van der Waals surface area contributed by atoms with Crippen molar-refractivity contribution in [2.45, 2.75) is 44.9 Å². The molecule has 2 aliphatic rings. The lowest BCUT2D eigenvalue weighted by atomic mass is 9.68. The van der Waals surface area contributed by atoms with Crippen LogP contribution in [-0.2, 0) is 0 Å². The lowest BCUT2D eigenvalue weighted by molar-refractivity contribution is 0.144. The quantitative estimate of drug-likeness (QED) is 0.642. The average molecular weight is 272 g/mol. The smallest absolute Gasteiger partial charge is 0.143 e. The Bertz CT molecular complexity index is 481. The van der Waals surface area contributed by atoms with Crippen LogP contribution in [0.5, 0.6) is 0 Å². The predicted octanol–water partition coefficient (Wildman–Crippen LogP) is 2.92. The van der Waals surface area contributed by atoms with Crippen molar-refractivity contribution < 1.29 is 0 Å². The van der Waals surface area contributed by atoms with E-state index in [1.54, 1.807) is 6.20 Å². The Hall–Kier alpha value is -1.58. The minimum atomic E-state index is 0.0681. The number of nitrogens with zero attached hydrogens (tertiary/aromatic N) is 2. The molecular formula is C16H24N4. The summed E-state index contributed by atoms with van der Waals surface area (Å²) in [6, 6.07) is 3.98. The molecule has 0 aromatic carbocycles. The number of aromatic nitrogens is 1. The summed E-state index contributed by atoms with van der Waals surface area (Å²) in [6.45, 7) is 2.15. The Balaban J connectivity index is 1.73. The second-order valence-electron chi connectivity index (χ2n) is 6.33. The molecule has 1 aromatic rings. The number of nitrogen functional groups attached to an aromatic ring is 1. The Morgan fingerprint density at radius 3 is 2.50 bits per heavy atom. The molecule has 108 valence electrons. The Morgan fingerprint density at radius 2 is 1.85 bits per heavy atom. The van der Waals surface area contributed by atoms with Gasteiger partial charge in [-0.1, -0.05) is 19.3 Å². The molecule has 2 fully saturated rings. The van der Waals surface area contributed by atoms with Gasteiger partial charge in [-0.15, -0.1) is 0 Å². The molecule has 20 heavy (non-hydrogen) atoms. The first kappa shape index (κ1) is 13.4. The van der Waals surface area contributed by atoms with Crippen LogP contribution in [0.4, 0.5) is 5.69 Å². The zero-order valence-electron chi connectivity index (χ0n) is 12.1. The Labute approximate surface area is 120 Å². The highest BCUT2D eigenvalue weighted by molar-refractivity contribution is 5.98. The number of hydrogen-bond acceptors (Lipinski definition) is 3. The molecule has 2 heterocycles. The second-order valence-corrected chi connectivity index (χ2v) is 6.33. The van der Waals surface area contributed by atoms with Crippen molar-refractivity contribution in [3.05, 3.63) is 24.0 Å². The molecule has 4 nitrogen and oxygen atoms in total. The molecule has 1 saturated carbocycles. The van der Waals surface area contributed by atoms with E-state index < -0.39 is 0 Å². The molecule has 1 aliphatic heterocycles. The van der Waals surface area contributed by atoms with Gasteiger partial charge in [-0.2, -0.15) is 0 Å². The van der Waals surface area contributed by atoms with Crippen LogP contribution >= 0.6 is 0 Å². The summed E-state index contributed by atoms with van der Waals surface area (Å²) < 4.78 is 0. The molecule has 0 unspecified atom stereocenters. The molecule has 0 amide bonds. The van der Waals surface area contributed by atoms with E-state index in [0.717, 1.165) is 18.8 Å². The van der Waals surface area contributed by atoms with Crippen LogP contribution in [0.25, 0.3) is 0 Å². The number of rotatable bonds is 2. The van der Waals surface area contributed by atoms with Gasteiger partial charge in [0.25, 0.3) is 0 Å². The highest BCUT2D eigenvalue weighted by Crippen LogP contribution is 2.45. The number of pyridine rings is 1. The van der Waals surface area contributed by atoms with Crippen molar-refractivity contribution in [3.8, 4) is 0 Å². The summed E-state index contributed by atoms with van der Waals surface area (Å²) in [5.41, 5.74) is 7.92. The second kappa shape index (κ2) is 5.43. The molecule has 1 aromatic heterocycles. The summed E-state index contributed by atoms with van der Waals surface area (Å²) in [5.74, 6) is 0.0681. The minimum Gasteiger partial charge on any atom is -0.382 e. The highest BCUT2D eigenvalue weighted by Gasteiger charge is 2.35. The van der Waals surface area contributed by atoms with Crippen molar-refractivity contribution >= 4 is 11.5 Å². The van der Waals surface area contributed by atoms with Crippen LogP contribution < -0.4 is 10.6 Å². The molecule has 4 heteroatoms. The SMILES string of the molecule is N=C(N)c1ncccc1N1CCC2(CCCCC2)CC1. The van der Waals surface area contributed by atoms with E-state index in [2.05, 4.69) is 9.88 Å². The fraction of sp³-hybridized carbons (Fsp3) is 0.625. The van der Waals surface area contributed by atoms with Crippen LogP contribution in [0.3, 0.4) is 0 Å². The van der Waals surface area contributed by atoms with Crippen molar-refractivity contribution in [2.75, 3.05) is 18.0 Å². The number of nitrogens with one attached hydrogen (secondary N) is 1. The third-order valence-corrected chi connectivity index (χ3v) is 5.12. The van der Waals surface area contributed by atoms with E-state index in [0.29, 0.717) is 11.1 Å². The molecule has 3 N–H and O–H groups in total. The van der Waals surface area contributed by atoms with Crippen molar-refractivity contribution in [1.29, 1.82) is 5.41 Å². The zero-order chi connectivity index (χ0) is 14.0. The number of hydrogen-bond donors (Lipinski definition) is 2. The topological polar surface area (TPSA) is 66.0 Å². The number of nitrogens with two attached hydrogens (primary N) is 1. The van der Waals surface area contributed by atoms with Gasteiger partial charge in [-0.25, -0.2) is 0 Å². The Kier molecular flexibility index (Phi) is 3.64. The van der Waals surface area contributed by atoms with E-state index in [1.165, 1.54) is 44.9 Å². The van der Waals surface area contributed by atoms with E-state index in [9.17, 15) is 0 Å². The first-order chi connectivity index (χ1) is 9.70. The van der Waals surface area contributed by atoms with Gasteiger partial charge in [-0.3, -0.25) is 10.4 Å². The van der Waals surface area contributed by atoms with Gasteiger partial charge in [0.05, 0.1) is 5.69 Å². The molecular weight excluding hydrogens is 248 g/mol. The van der Waals surface area contributed by atoms with Gasteiger partial charge >= 0.3 is 0 Å². The molecule has 0 atom stereocenters. The van der Waals surface area contributed by atoms with Gasteiger partial charge < -0.3 is 10.6 Å². The standard InChI is InChI=1S/C16H24N4/c17-15(18)14-13(5-4-10-19-14)20-11-8-16(9-12-20)6-2-1-3-7-16/h4-5,10H,1-3,6-9,11-12H2,(H3,17,18). The summed E-state index contributed by atoms with van der Waals surface area (Å²) in [4.78, 5) is 6.63. The van der Waals surface area contributed by atoms with Crippen LogP contribution in [0.15, 0.2) is 18.3 Å². The maximum absolute atomic E-state index is 7.67. The van der Waals surface area contributed by atoms with Crippen LogP contribution in [0.2, 0.25) is 0 Å². The van der Waals surface area contributed by atoms with Crippen molar-refractivity contribution in [3.63, 3.8) is 0 Å². The maximum atomic E-state index is 7.67. The van der Waals surface area contributed by atoms with Gasteiger partial charge in [0.15, 0.2) is 0 Å². The molecule has 0 radical (unpaired) electrons. The average Bonchev–Trinajstić information content (AvgIpc) is 2.49. The summed E-state index contributed by atoms with van der Waals surface area (Å²) in [7, 11) is 0. The van der Waals surface area contributed by atoms with Crippen LogP contribution in [-0.4, -0.2) is 23.9 Å². The third kappa shape index (κ3) is 2.51. The first-order valence-corrected chi connectivity index (χ1v) is 7.75. The summed E-state index contributed by atoms with van der Waals surface area (Å²) in [5, 5.41) is 7.67. The van der Waals surface area contributed by atoms with E-state index in [4.69, 9.17) is 11.1 Å². The predicted molar refractivity (Wildman–Crippen MR) is 82.2 cm³/mol. The first-order valence-electron chi connectivity index (χ1n) is 7.75. The van der Waals surface area contributed by atoms with E-state index in [1.807, 2.05) is 12.1 Å². The monoisotopic (exact) mass is 272 g/mol. The fourth-order valence-corrected chi connectivity index (χ4v) is 3.88. The molecule has 1 spiro atoms. The summed E-state index contributed by atoms with van der Waals surface area (Å²) >= 11 is 0. The third-order valence-electron chi connectivity index (χ3n) is 5.12. The highest BCUT2D eigenvalue weighted by atomic mass is 15.1. The van der Waals surface area contributed by atoms with Gasteiger partial charge in [0.1, 0.15) is 11.5 Å². The van der Waals surface area contributed by atoms with E-state index >= 15 is 0 Å². The number of amidine groups is 1.